The van der Waals surface area contributed by atoms with Gasteiger partial charge in [0, 0.05) is 19.3 Å². The SMILES string of the molecule is CN1CCC(CNS(=O)(=O)c2ncccc2F)C1. The average molecular weight is 273 g/mol. The van der Waals surface area contributed by atoms with Gasteiger partial charge < -0.3 is 4.90 Å². The lowest BCUT2D eigenvalue weighted by atomic mass is 10.1. The minimum atomic E-state index is -3.85. The first-order chi connectivity index (χ1) is 8.49. The van der Waals surface area contributed by atoms with E-state index >= 15 is 0 Å². The molecule has 100 valence electrons. The first-order valence-electron chi connectivity index (χ1n) is 5.78. The van der Waals surface area contributed by atoms with Crippen molar-refractivity contribution >= 4 is 10.0 Å². The van der Waals surface area contributed by atoms with Gasteiger partial charge in [0.25, 0.3) is 10.0 Å². The second-order valence-electron chi connectivity index (χ2n) is 4.56. The number of sulfonamides is 1. The lowest BCUT2D eigenvalue weighted by molar-refractivity contribution is 0.394. The van der Waals surface area contributed by atoms with E-state index in [1.54, 1.807) is 0 Å². The third-order valence-electron chi connectivity index (χ3n) is 3.03. The third-order valence-corrected chi connectivity index (χ3v) is 4.39. The summed E-state index contributed by atoms with van der Waals surface area (Å²) in [4.78, 5) is 5.71. The lowest BCUT2D eigenvalue weighted by Crippen LogP contribution is -2.31. The van der Waals surface area contributed by atoms with Crippen LogP contribution in [0.4, 0.5) is 4.39 Å². The predicted octanol–water partition coefficient (Wildman–Crippen LogP) is 0.451. The normalized spacial score (nSPS) is 21.3. The molecule has 1 aromatic heterocycles. The molecule has 1 unspecified atom stereocenters. The lowest BCUT2D eigenvalue weighted by Gasteiger charge is -2.11. The summed E-state index contributed by atoms with van der Waals surface area (Å²) in [5.41, 5.74) is 0. The van der Waals surface area contributed by atoms with Gasteiger partial charge in [-0.1, -0.05) is 0 Å². The van der Waals surface area contributed by atoms with Crippen molar-refractivity contribution in [3.05, 3.63) is 24.1 Å². The molecule has 1 aliphatic heterocycles. The van der Waals surface area contributed by atoms with E-state index in [1.165, 1.54) is 12.3 Å². The van der Waals surface area contributed by atoms with Crippen LogP contribution in [0, 0.1) is 11.7 Å². The van der Waals surface area contributed by atoms with Crippen LogP contribution >= 0.6 is 0 Å². The summed E-state index contributed by atoms with van der Waals surface area (Å²) in [5, 5.41) is -0.531. The first kappa shape index (κ1) is 13.4. The largest absolute Gasteiger partial charge is 0.306 e. The van der Waals surface area contributed by atoms with E-state index in [2.05, 4.69) is 14.6 Å². The van der Waals surface area contributed by atoms with E-state index in [0.29, 0.717) is 6.54 Å². The smallest absolute Gasteiger partial charge is 0.261 e. The maximum atomic E-state index is 13.4. The zero-order valence-corrected chi connectivity index (χ0v) is 11.0. The van der Waals surface area contributed by atoms with E-state index in [1.807, 2.05) is 7.05 Å². The van der Waals surface area contributed by atoms with Gasteiger partial charge in [0.1, 0.15) is 0 Å². The highest BCUT2D eigenvalue weighted by Gasteiger charge is 2.24. The molecule has 0 aromatic carbocycles. The van der Waals surface area contributed by atoms with Gasteiger partial charge in [0.2, 0.25) is 5.03 Å². The second kappa shape index (κ2) is 5.29. The molecular weight excluding hydrogens is 257 g/mol. The van der Waals surface area contributed by atoms with E-state index in [9.17, 15) is 12.8 Å². The zero-order chi connectivity index (χ0) is 13.2. The molecule has 1 aromatic rings. The van der Waals surface area contributed by atoms with Crippen LogP contribution in [0.5, 0.6) is 0 Å². The zero-order valence-electron chi connectivity index (χ0n) is 10.1. The Morgan fingerprint density at radius 3 is 3.00 bits per heavy atom. The molecule has 1 aliphatic rings. The summed E-state index contributed by atoms with van der Waals surface area (Å²) in [6.07, 6.45) is 2.21. The molecule has 0 saturated carbocycles. The molecular formula is C11H16FN3O2S. The number of hydrogen-bond acceptors (Lipinski definition) is 4. The van der Waals surface area contributed by atoms with E-state index in [0.717, 1.165) is 25.6 Å². The van der Waals surface area contributed by atoms with Crippen molar-refractivity contribution in [2.75, 3.05) is 26.7 Å². The molecule has 18 heavy (non-hydrogen) atoms. The Kier molecular flexibility index (Phi) is 3.94. The fourth-order valence-electron chi connectivity index (χ4n) is 2.06. The number of nitrogens with one attached hydrogen (secondary N) is 1. The Bertz CT molecular complexity index is 521. The van der Waals surface area contributed by atoms with Gasteiger partial charge in [0.05, 0.1) is 0 Å². The van der Waals surface area contributed by atoms with E-state index in [-0.39, 0.29) is 5.92 Å². The first-order valence-corrected chi connectivity index (χ1v) is 7.26. The maximum absolute atomic E-state index is 13.4. The summed E-state index contributed by atoms with van der Waals surface area (Å²) >= 11 is 0. The van der Waals surface area contributed by atoms with Crippen molar-refractivity contribution in [3.63, 3.8) is 0 Å². The van der Waals surface area contributed by atoms with Crippen molar-refractivity contribution in [1.29, 1.82) is 0 Å². The van der Waals surface area contributed by atoms with Crippen molar-refractivity contribution in [3.8, 4) is 0 Å². The Morgan fingerprint density at radius 1 is 1.61 bits per heavy atom. The molecule has 1 atom stereocenters. The van der Waals surface area contributed by atoms with Crippen LogP contribution in [0.25, 0.3) is 0 Å². The summed E-state index contributed by atoms with van der Waals surface area (Å²) in [7, 11) is -1.86. The minimum Gasteiger partial charge on any atom is -0.306 e. The molecule has 2 heterocycles. The van der Waals surface area contributed by atoms with Crippen LogP contribution in [0.2, 0.25) is 0 Å². The molecule has 0 bridgehead atoms. The highest BCUT2D eigenvalue weighted by Crippen LogP contribution is 2.15. The Balaban J connectivity index is 2.02. The number of likely N-dealkylation sites (tertiary alicyclic amines) is 1. The minimum absolute atomic E-state index is 0.275. The van der Waals surface area contributed by atoms with Crippen molar-refractivity contribution in [2.45, 2.75) is 11.4 Å². The number of halogens is 1. The molecule has 1 saturated heterocycles. The predicted molar refractivity (Wildman–Crippen MR) is 65.0 cm³/mol. The van der Waals surface area contributed by atoms with Crippen LogP contribution < -0.4 is 4.72 Å². The summed E-state index contributed by atoms with van der Waals surface area (Å²) in [5.74, 6) is -0.551. The molecule has 1 fully saturated rings. The van der Waals surface area contributed by atoms with Crippen LogP contribution in [0.15, 0.2) is 23.4 Å². The number of pyridine rings is 1. The molecule has 0 aliphatic carbocycles. The molecule has 5 nitrogen and oxygen atoms in total. The van der Waals surface area contributed by atoms with Gasteiger partial charge in [-0.2, -0.15) is 0 Å². The van der Waals surface area contributed by atoms with E-state index < -0.39 is 20.9 Å². The van der Waals surface area contributed by atoms with Gasteiger partial charge in [-0.25, -0.2) is 22.5 Å². The molecule has 0 radical (unpaired) electrons. The highest BCUT2D eigenvalue weighted by atomic mass is 32.2. The topological polar surface area (TPSA) is 62.3 Å². The van der Waals surface area contributed by atoms with Crippen molar-refractivity contribution in [1.82, 2.24) is 14.6 Å². The summed E-state index contributed by atoms with van der Waals surface area (Å²) in [6.45, 7) is 2.14. The van der Waals surface area contributed by atoms with Crippen LogP contribution in [-0.4, -0.2) is 45.0 Å². The molecule has 7 heteroatoms. The number of rotatable bonds is 4. The maximum Gasteiger partial charge on any atom is 0.261 e. The van der Waals surface area contributed by atoms with Gasteiger partial charge >= 0.3 is 0 Å². The molecule has 2 rings (SSSR count). The summed E-state index contributed by atoms with van der Waals surface area (Å²) in [6, 6.07) is 2.45. The standard InChI is InChI=1S/C11H16FN3O2S/c1-15-6-4-9(8-15)7-14-18(16,17)11-10(12)3-2-5-13-11/h2-3,5,9,14H,4,6-8H2,1H3. The monoisotopic (exact) mass is 273 g/mol. The third kappa shape index (κ3) is 3.04. The fourth-order valence-corrected chi connectivity index (χ4v) is 3.17. The van der Waals surface area contributed by atoms with Crippen LogP contribution in [0.3, 0.4) is 0 Å². The number of aromatic nitrogens is 1. The Morgan fingerprint density at radius 2 is 2.39 bits per heavy atom. The van der Waals surface area contributed by atoms with Crippen LogP contribution in [0.1, 0.15) is 6.42 Å². The molecule has 1 N–H and O–H groups in total. The summed E-state index contributed by atoms with van der Waals surface area (Å²) < 4.78 is 39.5. The van der Waals surface area contributed by atoms with Crippen molar-refractivity contribution in [2.24, 2.45) is 5.92 Å². The van der Waals surface area contributed by atoms with Crippen molar-refractivity contribution < 1.29 is 12.8 Å². The number of nitrogens with zero attached hydrogens (tertiary/aromatic N) is 2. The van der Waals surface area contributed by atoms with Crippen LogP contribution in [-0.2, 0) is 10.0 Å². The molecule has 0 spiro atoms. The van der Waals surface area contributed by atoms with E-state index in [4.69, 9.17) is 0 Å². The second-order valence-corrected chi connectivity index (χ2v) is 6.24. The van der Waals surface area contributed by atoms with Gasteiger partial charge in [-0.15, -0.1) is 0 Å². The highest BCUT2D eigenvalue weighted by molar-refractivity contribution is 7.89. The molecule has 0 amide bonds. The van der Waals surface area contributed by atoms with Gasteiger partial charge in [0.15, 0.2) is 5.82 Å². The average Bonchev–Trinajstić information content (AvgIpc) is 2.73. The Labute approximate surface area is 106 Å². The fraction of sp³-hybridized carbons (Fsp3) is 0.545. The quantitative estimate of drug-likeness (QED) is 0.865. The number of hydrogen-bond donors (Lipinski definition) is 1. The Hall–Kier alpha value is -1.05. The van der Waals surface area contributed by atoms with Gasteiger partial charge in [-0.3, -0.25) is 0 Å². The van der Waals surface area contributed by atoms with Gasteiger partial charge in [-0.05, 0) is 38.1 Å².